The SMILES string of the molecule is CC.COC1=C(C)C=C(n2nc(-c3ccnc([C@H](C)N4C[C@@H](C)O[C@@H](C)C4)c3)c3c2CCOCC3)CN1. The van der Waals surface area contributed by atoms with Gasteiger partial charge in [-0.1, -0.05) is 13.8 Å². The number of aromatic nitrogens is 3. The fourth-order valence-electron chi connectivity index (χ4n) is 5.51. The van der Waals surface area contributed by atoms with E-state index in [-0.39, 0.29) is 18.2 Å². The van der Waals surface area contributed by atoms with Crippen molar-refractivity contribution < 1.29 is 14.2 Å². The second-order valence-corrected chi connectivity index (χ2v) is 9.86. The lowest BCUT2D eigenvalue weighted by atomic mass is 10.0. The molecule has 37 heavy (non-hydrogen) atoms. The Hall–Kier alpha value is -2.68. The van der Waals surface area contributed by atoms with Crippen molar-refractivity contribution in [2.45, 2.75) is 72.6 Å². The van der Waals surface area contributed by atoms with Gasteiger partial charge in [0.2, 0.25) is 0 Å². The molecule has 0 unspecified atom stereocenters. The van der Waals surface area contributed by atoms with Crippen molar-refractivity contribution in [1.82, 2.24) is 25.0 Å². The van der Waals surface area contributed by atoms with E-state index in [1.807, 2.05) is 20.0 Å². The van der Waals surface area contributed by atoms with Crippen LogP contribution in [0.25, 0.3) is 17.0 Å². The third kappa shape index (κ3) is 5.92. The maximum Gasteiger partial charge on any atom is 0.189 e. The topological polar surface area (TPSA) is 73.7 Å². The summed E-state index contributed by atoms with van der Waals surface area (Å²) in [6.45, 7) is 16.5. The van der Waals surface area contributed by atoms with E-state index in [1.54, 1.807) is 7.11 Å². The molecule has 1 N–H and O–H groups in total. The molecule has 8 heteroatoms. The molecule has 0 aliphatic carbocycles. The van der Waals surface area contributed by atoms with Crippen LogP contribution in [0, 0.1) is 0 Å². The molecular formula is C29H43N5O3. The molecule has 2 aromatic rings. The van der Waals surface area contributed by atoms with E-state index in [0.29, 0.717) is 19.8 Å². The number of nitrogens with zero attached hydrogens (tertiary/aromatic N) is 4. The molecule has 0 spiro atoms. The summed E-state index contributed by atoms with van der Waals surface area (Å²) in [4.78, 5) is 7.23. The first-order valence-electron chi connectivity index (χ1n) is 13.7. The van der Waals surface area contributed by atoms with E-state index in [0.717, 1.165) is 60.0 Å². The maximum absolute atomic E-state index is 5.94. The van der Waals surface area contributed by atoms with Crippen LogP contribution in [0.5, 0.6) is 0 Å². The number of nitrogens with one attached hydrogen (secondary N) is 1. The minimum Gasteiger partial charge on any atom is -0.482 e. The van der Waals surface area contributed by atoms with E-state index >= 15 is 0 Å². The van der Waals surface area contributed by atoms with Crippen LogP contribution in [0.4, 0.5) is 0 Å². The van der Waals surface area contributed by atoms with Crippen LogP contribution in [0.1, 0.15) is 64.5 Å². The monoisotopic (exact) mass is 509 g/mol. The largest absolute Gasteiger partial charge is 0.482 e. The van der Waals surface area contributed by atoms with Gasteiger partial charge in [-0.3, -0.25) is 9.88 Å². The van der Waals surface area contributed by atoms with Crippen LogP contribution in [0.3, 0.4) is 0 Å². The van der Waals surface area contributed by atoms with E-state index in [9.17, 15) is 0 Å². The number of dihydropyridines is 1. The minimum absolute atomic E-state index is 0.207. The predicted molar refractivity (Wildman–Crippen MR) is 147 cm³/mol. The Kier molecular flexibility index (Phi) is 9.05. The second kappa shape index (κ2) is 12.2. The predicted octanol–water partition coefficient (Wildman–Crippen LogP) is 4.58. The average Bonchev–Trinajstić information content (AvgIpc) is 3.09. The van der Waals surface area contributed by atoms with Gasteiger partial charge in [0.15, 0.2) is 5.88 Å². The summed E-state index contributed by atoms with van der Waals surface area (Å²) in [5.74, 6) is 0.815. The number of fused-ring (bicyclic) bond motifs is 1. The molecule has 3 atom stereocenters. The maximum atomic E-state index is 5.94. The van der Waals surface area contributed by atoms with Crippen molar-refractivity contribution in [3.63, 3.8) is 0 Å². The zero-order valence-electron chi connectivity index (χ0n) is 23.5. The van der Waals surface area contributed by atoms with Crippen LogP contribution in [0.15, 0.2) is 35.9 Å². The summed E-state index contributed by atoms with van der Waals surface area (Å²) in [6.07, 6.45) is 6.24. The van der Waals surface area contributed by atoms with E-state index in [1.165, 1.54) is 11.3 Å². The summed E-state index contributed by atoms with van der Waals surface area (Å²) in [6, 6.07) is 4.51. The second-order valence-electron chi connectivity index (χ2n) is 9.86. The van der Waals surface area contributed by atoms with Gasteiger partial charge < -0.3 is 19.5 Å². The molecule has 0 saturated carbocycles. The molecule has 0 bridgehead atoms. The number of morpholine rings is 1. The molecule has 5 rings (SSSR count). The molecule has 0 aromatic carbocycles. The fraction of sp³-hybridized carbons (Fsp3) is 0.586. The Labute approximate surface area is 221 Å². The van der Waals surface area contributed by atoms with Gasteiger partial charge in [-0.15, -0.1) is 0 Å². The van der Waals surface area contributed by atoms with E-state index < -0.39 is 0 Å². The first-order valence-corrected chi connectivity index (χ1v) is 13.7. The highest BCUT2D eigenvalue weighted by Gasteiger charge is 2.28. The van der Waals surface area contributed by atoms with Gasteiger partial charge in [-0.25, -0.2) is 4.68 Å². The number of ether oxygens (including phenoxy) is 3. The fourth-order valence-corrected chi connectivity index (χ4v) is 5.51. The highest BCUT2D eigenvalue weighted by atomic mass is 16.5. The van der Waals surface area contributed by atoms with Gasteiger partial charge in [-0.05, 0) is 52.3 Å². The standard InChI is InChI=1S/C27H37N5O3.C2H6/c1-17-12-22(14-29-27(17)33-5)32-25-8-11-34-10-7-23(25)26(30-32)21-6-9-28-24(13-21)20(4)31-15-18(2)35-19(3)16-31;1-2/h6,9,12-13,18-20,29H,7-8,10-11,14-16H2,1-5H3;1-2H3/t18-,19+,20-;/m0./s1. The Morgan fingerprint density at radius 1 is 1.14 bits per heavy atom. The third-order valence-electron chi connectivity index (χ3n) is 7.20. The zero-order chi connectivity index (χ0) is 26.5. The van der Waals surface area contributed by atoms with Crippen molar-refractivity contribution >= 4 is 5.70 Å². The van der Waals surface area contributed by atoms with Gasteiger partial charge in [0.05, 0.1) is 61.9 Å². The van der Waals surface area contributed by atoms with Crippen LogP contribution >= 0.6 is 0 Å². The molecular weight excluding hydrogens is 466 g/mol. The summed E-state index contributed by atoms with van der Waals surface area (Å²) in [7, 11) is 1.69. The smallest absolute Gasteiger partial charge is 0.189 e. The number of hydrogen-bond donors (Lipinski definition) is 1. The average molecular weight is 510 g/mol. The molecule has 202 valence electrons. The highest BCUT2D eigenvalue weighted by molar-refractivity contribution is 5.67. The number of hydrogen-bond acceptors (Lipinski definition) is 7. The Balaban J connectivity index is 0.00000156. The Morgan fingerprint density at radius 2 is 1.86 bits per heavy atom. The molecule has 8 nitrogen and oxygen atoms in total. The van der Waals surface area contributed by atoms with Crippen LogP contribution in [-0.2, 0) is 27.1 Å². The zero-order valence-corrected chi connectivity index (χ0v) is 23.5. The van der Waals surface area contributed by atoms with Gasteiger partial charge in [0, 0.05) is 48.4 Å². The molecule has 1 saturated heterocycles. The first-order chi connectivity index (χ1) is 17.9. The summed E-state index contributed by atoms with van der Waals surface area (Å²) in [5, 5.41) is 8.56. The van der Waals surface area contributed by atoms with Gasteiger partial charge in [0.1, 0.15) is 0 Å². The van der Waals surface area contributed by atoms with Crippen molar-refractivity contribution in [3.8, 4) is 11.3 Å². The van der Waals surface area contributed by atoms with Crippen LogP contribution in [0.2, 0.25) is 0 Å². The molecule has 5 heterocycles. The van der Waals surface area contributed by atoms with Crippen molar-refractivity contribution in [2.75, 3.05) is 40.0 Å². The number of rotatable bonds is 5. The normalized spacial score (nSPS) is 23.2. The van der Waals surface area contributed by atoms with Gasteiger partial charge in [0.25, 0.3) is 0 Å². The molecule has 2 aromatic heterocycles. The van der Waals surface area contributed by atoms with Gasteiger partial charge >= 0.3 is 0 Å². The number of allylic oxidation sites excluding steroid dienone is 2. The lowest BCUT2D eigenvalue weighted by Crippen LogP contribution is -2.46. The van der Waals surface area contributed by atoms with Gasteiger partial charge in [-0.2, -0.15) is 5.10 Å². The summed E-state index contributed by atoms with van der Waals surface area (Å²) < 4.78 is 19.4. The molecule has 3 aliphatic heterocycles. The van der Waals surface area contributed by atoms with Crippen LogP contribution in [-0.4, -0.2) is 71.8 Å². The molecule has 0 radical (unpaired) electrons. The highest BCUT2D eigenvalue weighted by Crippen LogP contribution is 2.32. The summed E-state index contributed by atoms with van der Waals surface area (Å²) >= 11 is 0. The van der Waals surface area contributed by atoms with Crippen molar-refractivity contribution in [2.24, 2.45) is 0 Å². The van der Waals surface area contributed by atoms with E-state index in [4.69, 9.17) is 24.3 Å². The number of methoxy groups -OCH3 is 1. The molecule has 3 aliphatic rings. The van der Waals surface area contributed by atoms with Crippen molar-refractivity contribution in [1.29, 1.82) is 0 Å². The molecule has 0 amide bonds. The lowest BCUT2D eigenvalue weighted by molar-refractivity contribution is -0.0793. The minimum atomic E-state index is 0.207. The Morgan fingerprint density at radius 3 is 2.57 bits per heavy atom. The quantitative estimate of drug-likeness (QED) is 0.633. The number of pyridine rings is 1. The first kappa shape index (κ1) is 27.4. The molecule has 1 fully saturated rings. The Bertz CT molecular complexity index is 1130. The lowest BCUT2D eigenvalue weighted by Gasteiger charge is -2.38. The van der Waals surface area contributed by atoms with E-state index in [2.05, 4.69) is 60.8 Å². The van der Waals surface area contributed by atoms with Crippen LogP contribution < -0.4 is 5.32 Å². The third-order valence-corrected chi connectivity index (χ3v) is 7.20. The summed E-state index contributed by atoms with van der Waals surface area (Å²) in [5.41, 5.74) is 7.92. The van der Waals surface area contributed by atoms with Crippen molar-refractivity contribution in [3.05, 3.63) is 52.8 Å².